The summed E-state index contributed by atoms with van der Waals surface area (Å²) < 4.78 is 38.8. The zero-order chi connectivity index (χ0) is 16.8. The average Bonchev–Trinajstić information content (AvgIpc) is 3.31. The van der Waals surface area contributed by atoms with Crippen molar-refractivity contribution < 1.29 is 22.8 Å². The van der Waals surface area contributed by atoms with Crippen molar-refractivity contribution in [1.29, 1.82) is 0 Å². The molecule has 24 heavy (non-hydrogen) atoms. The van der Waals surface area contributed by atoms with Crippen LogP contribution in [0.3, 0.4) is 0 Å². The number of alkyl halides is 3. The summed E-state index contributed by atoms with van der Waals surface area (Å²) >= 11 is 0. The van der Waals surface area contributed by atoms with Gasteiger partial charge in [0.25, 0.3) is 0 Å². The molecule has 1 saturated heterocycles. The maximum absolute atomic E-state index is 12.9. The van der Waals surface area contributed by atoms with E-state index in [1.54, 1.807) is 0 Å². The fourth-order valence-corrected chi connectivity index (χ4v) is 5.03. The lowest BCUT2D eigenvalue weighted by molar-refractivity contribution is -0.137. The zero-order valence-electron chi connectivity index (χ0n) is 12.5. The molecule has 0 spiro atoms. The van der Waals surface area contributed by atoms with Gasteiger partial charge in [0.15, 0.2) is 0 Å². The zero-order valence-corrected chi connectivity index (χ0v) is 12.5. The molecular weight excluding hydrogens is 319 g/mol. The van der Waals surface area contributed by atoms with E-state index in [4.69, 9.17) is 0 Å². The number of amides is 2. The van der Waals surface area contributed by atoms with Crippen LogP contribution < -0.4 is 4.90 Å². The van der Waals surface area contributed by atoms with Crippen molar-refractivity contribution in [2.75, 3.05) is 4.90 Å². The number of rotatable bonds is 1. The van der Waals surface area contributed by atoms with Gasteiger partial charge in [0.05, 0.1) is 23.1 Å². The summed E-state index contributed by atoms with van der Waals surface area (Å²) in [5.74, 6) is -0.395. The van der Waals surface area contributed by atoms with Crippen LogP contribution >= 0.6 is 0 Å². The van der Waals surface area contributed by atoms with Crippen LogP contribution in [0.15, 0.2) is 36.4 Å². The molecule has 1 aromatic carbocycles. The van der Waals surface area contributed by atoms with Gasteiger partial charge in [0, 0.05) is 0 Å². The molecule has 6 heteroatoms. The lowest BCUT2D eigenvalue weighted by Gasteiger charge is -2.37. The highest BCUT2D eigenvalue weighted by Crippen LogP contribution is 2.65. The number of imide groups is 1. The number of hydrogen-bond donors (Lipinski definition) is 0. The summed E-state index contributed by atoms with van der Waals surface area (Å²) in [4.78, 5) is 26.7. The van der Waals surface area contributed by atoms with Crippen molar-refractivity contribution in [3.8, 4) is 0 Å². The standard InChI is InChI=1S/C18H14F3NO2/c19-18(20,21)8-2-1-3-9(6-8)22-16(23)14-10-4-5-11(13-7-12(10)13)15(14)17(22)24/h1-6,10-15H,7H2/t10-,11+,12-,13+,14-,15+. The largest absolute Gasteiger partial charge is 0.416 e. The van der Waals surface area contributed by atoms with Crippen LogP contribution in [0.25, 0.3) is 0 Å². The van der Waals surface area contributed by atoms with E-state index in [0.717, 1.165) is 23.5 Å². The second kappa shape index (κ2) is 4.29. The quantitative estimate of drug-likeness (QED) is 0.584. The number of benzene rings is 1. The van der Waals surface area contributed by atoms with Crippen molar-refractivity contribution in [2.24, 2.45) is 35.5 Å². The van der Waals surface area contributed by atoms with Gasteiger partial charge >= 0.3 is 6.18 Å². The number of carbonyl (C=O) groups is 2. The third kappa shape index (κ3) is 1.69. The highest BCUT2D eigenvalue weighted by molar-refractivity contribution is 6.22. The van der Waals surface area contributed by atoms with Crippen molar-refractivity contribution in [1.82, 2.24) is 0 Å². The maximum Gasteiger partial charge on any atom is 0.416 e. The fourth-order valence-electron chi connectivity index (χ4n) is 5.03. The topological polar surface area (TPSA) is 37.4 Å². The maximum atomic E-state index is 12.9. The molecular formula is C18H14F3NO2. The predicted molar refractivity (Wildman–Crippen MR) is 78.6 cm³/mol. The third-order valence-electron chi connectivity index (χ3n) is 6.09. The Labute approximate surface area is 136 Å². The molecule has 0 radical (unpaired) electrons. The minimum Gasteiger partial charge on any atom is -0.274 e. The van der Waals surface area contributed by atoms with E-state index in [2.05, 4.69) is 0 Å². The summed E-state index contributed by atoms with van der Waals surface area (Å²) in [6, 6.07) is 4.48. The average molecular weight is 333 g/mol. The molecule has 0 aromatic heterocycles. The molecule has 1 aromatic rings. The molecule has 2 saturated carbocycles. The van der Waals surface area contributed by atoms with Crippen LogP contribution in [0, 0.1) is 35.5 Å². The summed E-state index contributed by atoms with van der Waals surface area (Å²) in [7, 11) is 0. The molecule has 0 N–H and O–H groups in total. The molecule has 3 fully saturated rings. The molecule has 5 aliphatic rings. The fraction of sp³-hybridized carbons (Fsp3) is 0.444. The first-order valence-electron chi connectivity index (χ1n) is 8.11. The lowest BCUT2D eigenvalue weighted by Crippen LogP contribution is -2.40. The van der Waals surface area contributed by atoms with Gasteiger partial charge < -0.3 is 0 Å². The number of anilines is 1. The summed E-state index contributed by atoms with van der Waals surface area (Å²) in [5.41, 5.74) is -0.818. The smallest absolute Gasteiger partial charge is 0.274 e. The SMILES string of the molecule is O=C1[C@@H]2[C@@H]3C=C[C@@H]([C@@H]4C[C@H]34)[C@@H]2C(=O)N1c1cccc(C(F)(F)F)c1. The molecule has 1 aliphatic heterocycles. The molecule has 2 amide bonds. The van der Waals surface area contributed by atoms with E-state index in [1.807, 2.05) is 12.2 Å². The summed E-state index contributed by atoms with van der Waals surface area (Å²) in [6.45, 7) is 0. The van der Waals surface area contributed by atoms with Gasteiger partial charge in [-0.2, -0.15) is 13.2 Å². The molecule has 2 bridgehead atoms. The Balaban J connectivity index is 1.55. The normalized spacial score (nSPS) is 39.2. The van der Waals surface area contributed by atoms with Gasteiger partial charge in [-0.3, -0.25) is 14.5 Å². The summed E-state index contributed by atoms with van der Waals surface area (Å²) in [6.07, 6.45) is 0.637. The first-order valence-corrected chi connectivity index (χ1v) is 8.11. The number of nitrogens with zero attached hydrogens (tertiary/aromatic N) is 1. The highest BCUT2D eigenvalue weighted by atomic mass is 19.4. The Bertz CT molecular complexity index is 764. The number of allylic oxidation sites excluding steroid dienone is 2. The Morgan fingerprint density at radius 2 is 1.54 bits per heavy atom. The van der Waals surface area contributed by atoms with E-state index in [0.29, 0.717) is 11.8 Å². The van der Waals surface area contributed by atoms with Crippen LogP contribution in [0.2, 0.25) is 0 Å². The lowest BCUT2D eigenvalue weighted by atomic mass is 9.63. The van der Waals surface area contributed by atoms with Crippen LogP contribution in [-0.2, 0) is 15.8 Å². The van der Waals surface area contributed by atoms with Crippen molar-refractivity contribution in [3.63, 3.8) is 0 Å². The molecule has 3 nitrogen and oxygen atoms in total. The monoisotopic (exact) mass is 333 g/mol. The Hall–Kier alpha value is -2.11. The molecule has 6 atom stereocenters. The minimum absolute atomic E-state index is 0.0299. The van der Waals surface area contributed by atoms with E-state index < -0.39 is 23.6 Å². The number of hydrogen-bond acceptors (Lipinski definition) is 2. The Kier molecular flexibility index (Phi) is 2.55. The van der Waals surface area contributed by atoms with Gasteiger partial charge in [-0.25, -0.2) is 0 Å². The molecule has 6 rings (SSSR count). The van der Waals surface area contributed by atoms with Gasteiger partial charge in [0.1, 0.15) is 0 Å². The minimum atomic E-state index is -4.50. The molecule has 4 aliphatic carbocycles. The third-order valence-corrected chi connectivity index (χ3v) is 6.09. The number of carbonyl (C=O) groups excluding carboxylic acids is 2. The van der Waals surface area contributed by atoms with Gasteiger partial charge in [-0.1, -0.05) is 18.2 Å². The molecule has 1 heterocycles. The van der Waals surface area contributed by atoms with E-state index in [-0.39, 0.29) is 29.3 Å². The van der Waals surface area contributed by atoms with E-state index in [9.17, 15) is 22.8 Å². The van der Waals surface area contributed by atoms with Gasteiger partial charge in [-0.05, 0) is 48.3 Å². The van der Waals surface area contributed by atoms with Crippen LogP contribution in [0.1, 0.15) is 12.0 Å². The van der Waals surface area contributed by atoms with E-state index >= 15 is 0 Å². The van der Waals surface area contributed by atoms with Gasteiger partial charge in [0.2, 0.25) is 11.8 Å². The molecule has 124 valence electrons. The van der Waals surface area contributed by atoms with Crippen molar-refractivity contribution in [3.05, 3.63) is 42.0 Å². The van der Waals surface area contributed by atoms with Crippen LogP contribution in [-0.4, -0.2) is 11.8 Å². The Morgan fingerprint density at radius 1 is 0.958 bits per heavy atom. The summed E-state index contributed by atoms with van der Waals surface area (Å²) in [5, 5.41) is 0. The van der Waals surface area contributed by atoms with Crippen molar-refractivity contribution >= 4 is 17.5 Å². The van der Waals surface area contributed by atoms with Gasteiger partial charge in [-0.15, -0.1) is 0 Å². The highest BCUT2D eigenvalue weighted by Gasteiger charge is 2.67. The van der Waals surface area contributed by atoms with Crippen LogP contribution in [0.4, 0.5) is 18.9 Å². The Morgan fingerprint density at radius 3 is 2.08 bits per heavy atom. The van der Waals surface area contributed by atoms with E-state index in [1.165, 1.54) is 12.1 Å². The second-order valence-electron chi connectivity index (χ2n) is 7.21. The van der Waals surface area contributed by atoms with Crippen LogP contribution in [0.5, 0.6) is 0 Å². The first-order chi connectivity index (χ1) is 11.4. The second-order valence-corrected chi connectivity index (χ2v) is 7.21. The number of halogens is 3. The molecule has 0 unspecified atom stereocenters. The first kappa shape index (κ1) is 14.3. The predicted octanol–water partition coefficient (Wildman–Crippen LogP) is 3.26. The van der Waals surface area contributed by atoms with Crippen molar-refractivity contribution in [2.45, 2.75) is 12.6 Å².